The molecule has 0 spiro atoms. The van der Waals surface area contributed by atoms with Gasteiger partial charge in [-0.2, -0.15) is 0 Å². The number of rotatable bonds is 7. The second-order valence-corrected chi connectivity index (χ2v) is 16.2. The lowest BCUT2D eigenvalue weighted by Crippen LogP contribution is -1.99. The average molecular weight is 793 g/mol. The molecular formula is C58H40N4. The predicted molar refractivity (Wildman–Crippen MR) is 258 cm³/mol. The Kier molecular flexibility index (Phi) is 8.60. The van der Waals surface area contributed by atoms with Gasteiger partial charge in [-0.15, -0.1) is 0 Å². The van der Waals surface area contributed by atoms with E-state index in [2.05, 4.69) is 228 Å². The standard InChI is InChI=1S/C58H40N4/c1-4-14-39(15-5-1)40-24-26-41(27-25-40)42-28-30-45(31-29-42)58-59-52(43-16-6-2-7-17-43)37-53(60-58)44-32-34-47(35-33-44)62-55-23-13-11-21-49(55)51-36-50-48-20-10-12-22-54(48)61(56(50)38-57(51)62)46-18-8-3-9-19-46/h1-24,26-38,40H,25H2. The summed E-state index contributed by atoms with van der Waals surface area (Å²) >= 11 is 0. The summed E-state index contributed by atoms with van der Waals surface area (Å²) in [6.45, 7) is 0. The summed E-state index contributed by atoms with van der Waals surface area (Å²) in [6, 6.07) is 73.7. The molecule has 1 aliphatic carbocycles. The highest BCUT2D eigenvalue weighted by atomic mass is 15.0. The Morgan fingerprint density at radius 1 is 0.387 bits per heavy atom. The van der Waals surface area contributed by atoms with Gasteiger partial charge in [-0.25, -0.2) is 9.97 Å². The second-order valence-electron chi connectivity index (χ2n) is 16.2. The van der Waals surface area contributed by atoms with Crippen molar-refractivity contribution in [1.82, 2.24) is 19.1 Å². The highest BCUT2D eigenvalue weighted by Gasteiger charge is 2.19. The molecule has 8 aromatic carbocycles. The smallest absolute Gasteiger partial charge is 0.160 e. The third-order valence-corrected chi connectivity index (χ3v) is 12.5. The van der Waals surface area contributed by atoms with Gasteiger partial charge < -0.3 is 9.13 Å². The predicted octanol–water partition coefficient (Wildman–Crippen LogP) is 14.8. The zero-order valence-corrected chi connectivity index (χ0v) is 33.9. The van der Waals surface area contributed by atoms with Crippen LogP contribution >= 0.6 is 0 Å². The van der Waals surface area contributed by atoms with E-state index in [9.17, 15) is 0 Å². The van der Waals surface area contributed by atoms with Crippen molar-refractivity contribution in [2.75, 3.05) is 0 Å². The van der Waals surface area contributed by atoms with Gasteiger partial charge in [-0.1, -0.05) is 170 Å². The fraction of sp³-hybridized carbons (Fsp3) is 0.0345. The van der Waals surface area contributed by atoms with Crippen molar-refractivity contribution >= 4 is 49.2 Å². The van der Waals surface area contributed by atoms with Gasteiger partial charge in [0.15, 0.2) is 5.82 Å². The summed E-state index contributed by atoms with van der Waals surface area (Å²) in [4.78, 5) is 10.4. The van der Waals surface area contributed by atoms with Gasteiger partial charge in [0, 0.05) is 55.5 Å². The fourth-order valence-electron chi connectivity index (χ4n) is 9.42. The van der Waals surface area contributed by atoms with Gasteiger partial charge in [-0.3, -0.25) is 0 Å². The Labute approximate surface area is 360 Å². The van der Waals surface area contributed by atoms with Crippen LogP contribution in [0.15, 0.2) is 224 Å². The third-order valence-electron chi connectivity index (χ3n) is 12.5. The van der Waals surface area contributed by atoms with Crippen molar-refractivity contribution in [3.05, 3.63) is 236 Å². The molecule has 3 aromatic heterocycles. The van der Waals surface area contributed by atoms with Crippen LogP contribution in [-0.4, -0.2) is 19.1 Å². The van der Waals surface area contributed by atoms with Crippen LogP contribution in [0.3, 0.4) is 0 Å². The normalized spacial score (nSPS) is 13.9. The molecule has 0 bridgehead atoms. The summed E-state index contributed by atoms with van der Waals surface area (Å²) in [5.74, 6) is 1.11. The molecule has 0 aliphatic heterocycles. The first-order valence-corrected chi connectivity index (χ1v) is 21.3. The van der Waals surface area contributed by atoms with Crippen LogP contribution < -0.4 is 0 Å². The molecule has 1 atom stereocenters. The van der Waals surface area contributed by atoms with E-state index < -0.39 is 0 Å². The maximum atomic E-state index is 5.22. The van der Waals surface area contributed by atoms with E-state index in [0.717, 1.165) is 45.9 Å². The van der Waals surface area contributed by atoms with Crippen LogP contribution in [0.1, 0.15) is 23.5 Å². The minimum Gasteiger partial charge on any atom is -0.309 e. The molecule has 0 amide bonds. The molecule has 0 saturated carbocycles. The molecule has 12 rings (SSSR count). The Morgan fingerprint density at radius 3 is 1.48 bits per heavy atom. The van der Waals surface area contributed by atoms with E-state index >= 15 is 0 Å². The van der Waals surface area contributed by atoms with Crippen molar-refractivity contribution in [2.24, 2.45) is 0 Å². The summed E-state index contributed by atoms with van der Waals surface area (Å²) < 4.78 is 4.80. The molecule has 292 valence electrons. The van der Waals surface area contributed by atoms with Gasteiger partial charge in [0.25, 0.3) is 0 Å². The van der Waals surface area contributed by atoms with Crippen molar-refractivity contribution < 1.29 is 0 Å². The molecule has 0 saturated heterocycles. The van der Waals surface area contributed by atoms with E-state index in [4.69, 9.17) is 9.97 Å². The van der Waals surface area contributed by atoms with Crippen LogP contribution in [-0.2, 0) is 0 Å². The number of allylic oxidation sites excluding steroid dienone is 4. The van der Waals surface area contributed by atoms with E-state index in [1.807, 2.05) is 6.07 Å². The highest BCUT2D eigenvalue weighted by Crippen LogP contribution is 2.40. The van der Waals surface area contributed by atoms with Crippen LogP contribution in [0.5, 0.6) is 0 Å². The number of aromatic nitrogens is 4. The van der Waals surface area contributed by atoms with Crippen LogP contribution in [0.2, 0.25) is 0 Å². The lowest BCUT2D eigenvalue weighted by molar-refractivity contribution is 0.856. The molecule has 3 heterocycles. The summed E-state index contributed by atoms with van der Waals surface area (Å²) in [6.07, 6.45) is 7.93. The number of hydrogen-bond donors (Lipinski definition) is 0. The number of para-hydroxylation sites is 3. The van der Waals surface area contributed by atoms with Crippen molar-refractivity contribution in [1.29, 1.82) is 0 Å². The monoisotopic (exact) mass is 792 g/mol. The average Bonchev–Trinajstić information content (AvgIpc) is 3.86. The van der Waals surface area contributed by atoms with Gasteiger partial charge in [0.2, 0.25) is 0 Å². The topological polar surface area (TPSA) is 35.6 Å². The lowest BCUT2D eigenvalue weighted by Gasteiger charge is -2.17. The number of benzene rings is 8. The van der Waals surface area contributed by atoms with Crippen molar-refractivity contribution in [3.8, 4) is 45.3 Å². The minimum atomic E-state index is 0.410. The molecule has 62 heavy (non-hydrogen) atoms. The molecular weight excluding hydrogens is 753 g/mol. The van der Waals surface area contributed by atoms with E-state index in [1.54, 1.807) is 0 Å². The van der Waals surface area contributed by atoms with Crippen molar-refractivity contribution in [3.63, 3.8) is 0 Å². The first-order valence-electron chi connectivity index (χ1n) is 21.3. The lowest BCUT2D eigenvalue weighted by atomic mass is 9.88. The molecule has 4 heteroatoms. The molecule has 1 aliphatic rings. The van der Waals surface area contributed by atoms with E-state index in [-0.39, 0.29) is 0 Å². The third kappa shape index (κ3) is 6.15. The number of hydrogen-bond acceptors (Lipinski definition) is 2. The van der Waals surface area contributed by atoms with Crippen molar-refractivity contribution in [2.45, 2.75) is 12.3 Å². The van der Waals surface area contributed by atoms with E-state index in [0.29, 0.717) is 11.7 Å². The van der Waals surface area contributed by atoms with E-state index in [1.165, 1.54) is 60.3 Å². The maximum absolute atomic E-state index is 5.22. The summed E-state index contributed by atoms with van der Waals surface area (Å²) in [5, 5.41) is 4.97. The molecule has 4 nitrogen and oxygen atoms in total. The molecule has 1 unspecified atom stereocenters. The Morgan fingerprint density at radius 2 is 0.887 bits per heavy atom. The molecule has 0 fully saturated rings. The fourth-order valence-corrected chi connectivity index (χ4v) is 9.42. The summed E-state index contributed by atoms with van der Waals surface area (Å²) in [5.41, 5.74) is 15.6. The zero-order valence-electron chi connectivity index (χ0n) is 33.9. The van der Waals surface area contributed by atoms with Gasteiger partial charge >= 0.3 is 0 Å². The minimum absolute atomic E-state index is 0.410. The van der Waals surface area contributed by atoms with Gasteiger partial charge in [0.1, 0.15) is 0 Å². The second kappa shape index (κ2) is 14.9. The Bertz CT molecular complexity index is 3500. The molecule has 0 N–H and O–H groups in total. The Balaban J connectivity index is 0.935. The molecule has 0 radical (unpaired) electrons. The quantitative estimate of drug-likeness (QED) is 0.161. The van der Waals surface area contributed by atoms with Crippen LogP contribution in [0, 0.1) is 0 Å². The largest absolute Gasteiger partial charge is 0.309 e. The van der Waals surface area contributed by atoms with Gasteiger partial charge in [-0.05, 0) is 77.7 Å². The zero-order chi connectivity index (χ0) is 41.0. The SMILES string of the molecule is C1=CC(c2ccccc2)CC=C1c1ccc(-c2nc(-c3ccccc3)cc(-c3ccc(-n4c5ccccc5c5cc6c7ccccc7n(-c7ccccc7)c6cc54)cc3)n2)cc1. The molecule has 11 aromatic rings. The number of fused-ring (bicyclic) bond motifs is 6. The number of nitrogens with zero attached hydrogens (tertiary/aromatic N) is 4. The maximum Gasteiger partial charge on any atom is 0.160 e. The van der Waals surface area contributed by atoms with Crippen LogP contribution in [0.4, 0.5) is 0 Å². The first-order chi connectivity index (χ1) is 30.7. The van der Waals surface area contributed by atoms with Crippen LogP contribution in [0.25, 0.3) is 94.5 Å². The first kappa shape index (κ1) is 35.8. The Hall–Kier alpha value is -8.08. The highest BCUT2D eigenvalue weighted by molar-refractivity contribution is 6.19. The van der Waals surface area contributed by atoms with Gasteiger partial charge in [0.05, 0.1) is 33.5 Å². The summed E-state index contributed by atoms with van der Waals surface area (Å²) in [7, 11) is 0.